The molecule has 3 nitrogen and oxygen atoms in total. The molecule has 1 aromatic rings. The predicted molar refractivity (Wildman–Crippen MR) is 64.4 cm³/mol. The van der Waals surface area contributed by atoms with Gasteiger partial charge in [-0.2, -0.15) is 0 Å². The molecule has 0 radical (unpaired) electrons. The summed E-state index contributed by atoms with van der Waals surface area (Å²) in [4.78, 5) is 0. The van der Waals surface area contributed by atoms with Crippen molar-refractivity contribution < 1.29 is 9.84 Å². The van der Waals surface area contributed by atoms with Crippen LogP contribution in [-0.4, -0.2) is 24.3 Å². The standard InChI is InChI=1S/C11H16BrNO2/c1-8(2)13-6-7-15-11-9(12)4-3-5-10(11)14/h3-5,8,13-14H,6-7H2,1-2H3. The number of ether oxygens (including phenoxy) is 1. The van der Waals surface area contributed by atoms with Gasteiger partial charge in [0, 0.05) is 12.6 Å². The van der Waals surface area contributed by atoms with E-state index in [4.69, 9.17) is 4.74 Å². The lowest BCUT2D eigenvalue weighted by atomic mass is 10.3. The highest BCUT2D eigenvalue weighted by molar-refractivity contribution is 9.10. The Balaban J connectivity index is 2.43. The van der Waals surface area contributed by atoms with Crippen molar-refractivity contribution in [2.45, 2.75) is 19.9 Å². The summed E-state index contributed by atoms with van der Waals surface area (Å²) in [5.74, 6) is 0.664. The Morgan fingerprint density at radius 2 is 2.20 bits per heavy atom. The largest absolute Gasteiger partial charge is 0.504 e. The fourth-order valence-electron chi connectivity index (χ4n) is 1.14. The molecule has 0 saturated heterocycles. The van der Waals surface area contributed by atoms with Gasteiger partial charge in [-0.25, -0.2) is 0 Å². The average molecular weight is 274 g/mol. The van der Waals surface area contributed by atoms with E-state index in [1.807, 2.05) is 6.07 Å². The summed E-state index contributed by atoms with van der Waals surface area (Å²) < 4.78 is 6.23. The van der Waals surface area contributed by atoms with Crippen molar-refractivity contribution in [1.29, 1.82) is 0 Å². The smallest absolute Gasteiger partial charge is 0.175 e. The Bertz CT molecular complexity index is 295. The van der Waals surface area contributed by atoms with Crippen LogP contribution in [0.5, 0.6) is 11.5 Å². The van der Waals surface area contributed by atoms with Crippen LogP contribution in [0, 0.1) is 0 Å². The first kappa shape index (κ1) is 12.3. The van der Waals surface area contributed by atoms with Crippen molar-refractivity contribution in [3.8, 4) is 11.5 Å². The van der Waals surface area contributed by atoms with Crippen LogP contribution < -0.4 is 10.1 Å². The summed E-state index contributed by atoms with van der Waals surface area (Å²) in [5.41, 5.74) is 0. The number of nitrogens with one attached hydrogen (secondary N) is 1. The zero-order valence-corrected chi connectivity index (χ0v) is 10.5. The molecule has 15 heavy (non-hydrogen) atoms. The lowest BCUT2D eigenvalue weighted by molar-refractivity contribution is 0.291. The van der Waals surface area contributed by atoms with E-state index in [0.717, 1.165) is 11.0 Å². The zero-order valence-electron chi connectivity index (χ0n) is 8.96. The quantitative estimate of drug-likeness (QED) is 0.811. The molecule has 0 fully saturated rings. The second-order valence-corrected chi connectivity index (χ2v) is 4.40. The molecule has 2 N–H and O–H groups in total. The van der Waals surface area contributed by atoms with Gasteiger partial charge in [0.25, 0.3) is 0 Å². The van der Waals surface area contributed by atoms with Crippen LogP contribution in [0.3, 0.4) is 0 Å². The van der Waals surface area contributed by atoms with Crippen LogP contribution >= 0.6 is 15.9 Å². The van der Waals surface area contributed by atoms with Crippen molar-refractivity contribution in [2.75, 3.05) is 13.2 Å². The zero-order chi connectivity index (χ0) is 11.3. The van der Waals surface area contributed by atoms with Crippen LogP contribution in [0.1, 0.15) is 13.8 Å². The van der Waals surface area contributed by atoms with E-state index in [2.05, 4.69) is 35.1 Å². The van der Waals surface area contributed by atoms with Crippen LogP contribution in [0.15, 0.2) is 22.7 Å². The number of phenolic OH excluding ortho intramolecular Hbond substituents is 1. The van der Waals surface area contributed by atoms with Gasteiger partial charge in [-0.15, -0.1) is 0 Å². The van der Waals surface area contributed by atoms with Gasteiger partial charge >= 0.3 is 0 Å². The maximum absolute atomic E-state index is 9.52. The van der Waals surface area contributed by atoms with Gasteiger partial charge in [-0.05, 0) is 28.1 Å². The van der Waals surface area contributed by atoms with Gasteiger partial charge in [0.05, 0.1) is 4.47 Å². The molecule has 84 valence electrons. The van der Waals surface area contributed by atoms with Crippen LogP contribution in [0.4, 0.5) is 0 Å². The molecule has 1 rings (SSSR count). The fourth-order valence-corrected chi connectivity index (χ4v) is 1.61. The third-order valence-corrected chi connectivity index (χ3v) is 2.47. The monoisotopic (exact) mass is 273 g/mol. The number of rotatable bonds is 5. The fraction of sp³-hybridized carbons (Fsp3) is 0.455. The van der Waals surface area contributed by atoms with Crippen LogP contribution in [-0.2, 0) is 0 Å². The number of hydrogen-bond donors (Lipinski definition) is 2. The highest BCUT2D eigenvalue weighted by Gasteiger charge is 2.06. The van der Waals surface area contributed by atoms with E-state index in [1.54, 1.807) is 12.1 Å². The first-order valence-corrected chi connectivity index (χ1v) is 5.74. The first-order chi connectivity index (χ1) is 7.11. The second-order valence-electron chi connectivity index (χ2n) is 3.55. The van der Waals surface area contributed by atoms with Gasteiger partial charge in [0.15, 0.2) is 11.5 Å². The maximum atomic E-state index is 9.52. The number of para-hydroxylation sites is 1. The lowest BCUT2D eigenvalue weighted by Crippen LogP contribution is -2.27. The molecule has 0 aliphatic carbocycles. The molecule has 0 aromatic heterocycles. The third kappa shape index (κ3) is 4.10. The Kier molecular flexibility index (Phi) is 4.91. The number of hydrogen-bond acceptors (Lipinski definition) is 3. The number of halogens is 1. The molecule has 0 unspecified atom stereocenters. The highest BCUT2D eigenvalue weighted by Crippen LogP contribution is 2.33. The first-order valence-electron chi connectivity index (χ1n) is 4.95. The Labute approximate surface area is 98.6 Å². The number of aromatic hydroxyl groups is 1. The van der Waals surface area contributed by atoms with Crippen molar-refractivity contribution >= 4 is 15.9 Å². The van der Waals surface area contributed by atoms with E-state index in [9.17, 15) is 5.11 Å². The van der Waals surface area contributed by atoms with Crippen molar-refractivity contribution in [1.82, 2.24) is 5.32 Å². The summed E-state index contributed by atoms with van der Waals surface area (Å²) in [5, 5.41) is 12.8. The van der Waals surface area contributed by atoms with Crippen molar-refractivity contribution in [2.24, 2.45) is 0 Å². The summed E-state index contributed by atoms with van der Waals surface area (Å²) in [6.45, 7) is 5.46. The lowest BCUT2D eigenvalue weighted by Gasteiger charge is -2.11. The molecule has 1 aromatic carbocycles. The van der Waals surface area contributed by atoms with Crippen molar-refractivity contribution in [3.63, 3.8) is 0 Å². The third-order valence-electron chi connectivity index (χ3n) is 1.85. The van der Waals surface area contributed by atoms with Gasteiger partial charge in [0.1, 0.15) is 6.61 Å². The molecule has 0 amide bonds. The molecule has 0 aliphatic heterocycles. The van der Waals surface area contributed by atoms with Crippen LogP contribution in [0.25, 0.3) is 0 Å². The molecule has 0 heterocycles. The van der Waals surface area contributed by atoms with E-state index < -0.39 is 0 Å². The topological polar surface area (TPSA) is 41.5 Å². The van der Waals surface area contributed by atoms with Gasteiger partial charge in [-0.1, -0.05) is 19.9 Å². The minimum Gasteiger partial charge on any atom is -0.504 e. The second kappa shape index (κ2) is 5.98. The Hall–Kier alpha value is -0.740. The van der Waals surface area contributed by atoms with E-state index in [-0.39, 0.29) is 5.75 Å². The molecule has 0 aliphatic rings. The number of phenols is 1. The van der Waals surface area contributed by atoms with Gasteiger partial charge in [-0.3, -0.25) is 0 Å². The predicted octanol–water partition coefficient (Wildman–Crippen LogP) is 2.53. The summed E-state index contributed by atoms with van der Waals surface area (Å²) in [6, 6.07) is 5.65. The maximum Gasteiger partial charge on any atom is 0.175 e. The molecular weight excluding hydrogens is 258 g/mol. The molecule has 0 atom stereocenters. The number of benzene rings is 1. The van der Waals surface area contributed by atoms with E-state index in [1.165, 1.54) is 0 Å². The molecular formula is C11H16BrNO2. The van der Waals surface area contributed by atoms with Crippen LogP contribution in [0.2, 0.25) is 0 Å². The Morgan fingerprint density at radius 3 is 2.80 bits per heavy atom. The average Bonchev–Trinajstić information content (AvgIpc) is 2.15. The SMILES string of the molecule is CC(C)NCCOc1c(O)cccc1Br. The van der Waals surface area contributed by atoms with E-state index in [0.29, 0.717) is 18.4 Å². The Morgan fingerprint density at radius 1 is 1.47 bits per heavy atom. The van der Waals surface area contributed by atoms with Crippen molar-refractivity contribution in [3.05, 3.63) is 22.7 Å². The molecule has 0 spiro atoms. The summed E-state index contributed by atoms with van der Waals surface area (Å²) in [6.07, 6.45) is 0. The summed E-state index contributed by atoms with van der Waals surface area (Å²) >= 11 is 3.32. The van der Waals surface area contributed by atoms with Gasteiger partial charge in [0.2, 0.25) is 0 Å². The minimum atomic E-state index is 0.161. The van der Waals surface area contributed by atoms with Gasteiger partial charge < -0.3 is 15.2 Å². The minimum absolute atomic E-state index is 0.161. The molecule has 4 heteroatoms. The highest BCUT2D eigenvalue weighted by atomic mass is 79.9. The normalized spacial score (nSPS) is 10.7. The van der Waals surface area contributed by atoms with E-state index >= 15 is 0 Å². The molecule has 0 saturated carbocycles. The molecule has 0 bridgehead atoms. The summed E-state index contributed by atoms with van der Waals surface area (Å²) in [7, 11) is 0.